The van der Waals surface area contributed by atoms with Crippen LogP contribution in [0.5, 0.6) is 0 Å². The lowest BCUT2D eigenvalue weighted by Crippen LogP contribution is -2.50. The molecule has 0 radical (unpaired) electrons. The Morgan fingerprint density at radius 3 is 2.56 bits per heavy atom. The molecule has 0 unspecified atom stereocenters. The van der Waals surface area contributed by atoms with Gasteiger partial charge in [0.1, 0.15) is 17.0 Å². The molecule has 3 heterocycles. The summed E-state index contributed by atoms with van der Waals surface area (Å²) in [6.07, 6.45) is 1.36. The predicted molar refractivity (Wildman–Crippen MR) is 113 cm³/mol. The standard InChI is InChI=1S/C20H19FN6O4S/c1-13(28)14-2-3-16(15(21)10-14)25-5-7-26(8-6-25)18(29)11-31-20(30)19-17(4-9-32-19)27-12-22-23-24-27/h2-4,9-10,12H,5-8,11H2,1H3. The average molecular weight is 458 g/mol. The third-order valence-electron chi connectivity index (χ3n) is 5.08. The summed E-state index contributed by atoms with van der Waals surface area (Å²) in [4.78, 5) is 40.0. The van der Waals surface area contributed by atoms with E-state index < -0.39 is 18.4 Å². The van der Waals surface area contributed by atoms with Crippen molar-refractivity contribution in [2.45, 2.75) is 6.92 Å². The Morgan fingerprint density at radius 1 is 1.12 bits per heavy atom. The summed E-state index contributed by atoms with van der Waals surface area (Å²) in [6.45, 7) is 2.55. The molecule has 32 heavy (non-hydrogen) atoms. The fourth-order valence-corrected chi connectivity index (χ4v) is 4.14. The number of hydrogen-bond acceptors (Lipinski definition) is 9. The van der Waals surface area contributed by atoms with Crippen molar-refractivity contribution < 1.29 is 23.5 Å². The number of esters is 1. The summed E-state index contributed by atoms with van der Waals surface area (Å²) in [5, 5.41) is 12.5. The summed E-state index contributed by atoms with van der Waals surface area (Å²) in [5.74, 6) is -1.63. The van der Waals surface area contributed by atoms with Gasteiger partial charge in [0.25, 0.3) is 5.91 Å². The molecule has 1 saturated heterocycles. The highest BCUT2D eigenvalue weighted by Crippen LogP contribution is 2.23. The van der Waals surface area contributed by atoms with Gasteiger partial charge in [0.05, 0.1) is 11.4 Å². The molecule has 0 bridgehead atoms. The molecule has 0 spiro atoms. The van der Waals surface area contributed by atoms with Gasteiger partial charge >= 0.3 is 5.97 Å². The maximum absolute atomic E-state index is 14.4. The number of hydrogen-bond donors (Lipinski definition) is 0. The highest BCUT2D eigenvalue weighted by Gasteiger charge is 2.25. The molecule has 1 amide bonds. The number of carbonyl (C=O) groups excluding carboxylic acids is 3. The fourth-order valence-electron chi connectivity index (χ4n) is 3.37. The number of Topliss-reactive ketones (excluding diaryl/α,β-unsaturated/α-hetero) is 1. The lowest BCUT2D eigenvalue weighted by Gasteiger charge is -2.36. The molecule has 3 aromatic rings. The molecular weight excluding hydrogens is 439 g/mol. The summed E-state index contributed by atoms with van der Waals surface area (Å²) in [6, 6.07) is 6.07. The van der Waals surface area contributed by atoms with Gasteiger partial charge in [-0.15, -0.1) is 16.4 Å². The Morgan fingerprint density at radius 2 is 1.91 bits per heavy atom. The molecule has 4 rings (SSSR count). The molecule has 1 fully saturated rings. The van der Waals surface area contributed by atoms with Crippen LogP contribution in [0.2, 0.25) is 0 Å². The second-order valence-corrected chi connectivity index (χ2v) is 7.97. The molecule has 10 nitrogen and oxygen atoms in total. The van der Waals surface area contributed by atoms with Crippen molar-refractivity contribution >= 4 is 34.7 Å². The zero-order valence-electron chi connectivity index (χ0n) is 17.1. The number of ether oxygens (including phenoxy) is 1. The van der Waals surface area contributed by atoms with Gasteiger partial charge in [0.15, 0.2) is 12.4 Å². The minimum Gasteiger partial charge on any atom is -0.451 e. The number of ketones is 1. The second kappa shape index (κ2) is 9.22. The van der Waals surface area contributed by atoms with E-state index in [0.29, 0.717) is 48.0 Å². The molecule has 0 aliphatic carbocycles. The van der Waals surface area contributed by atoms with E-state index in [1.54, 1.807) is 28.5 Å². The summed E-state index contributed by atoms with van der Waals surface area (Å²) in [5.41, 5.74) is 1.18. The SMILES string of the molecule is CC(=O)c1ccc(N2CCN(C(=O)COC(=O)c3sccc3-n3cnnn3)CC2)c(F)c1. The third-order valence-corrected chi connectivity index (χ3v) is 5.96. The van der Waals surface area contributed by atoms with Gasteiger partial charge in [-0.2, -0.15) is 4.68 Å². The van der Waals surface area contributed by atoms with Crippen molar-refractivity contribution in [3.8, 4) is 5.69 Å². The van der Waals surface area contributed by atoms with Crippen LogP contribution in [0.15, 0.2) is 36.0 Å². The van der Waals surface area contributed by atoms with Crippen molar-refractivity contribution in [2.24, 2.45) is 0 Å². The fraction of sp³-hybridized carbons (Fsp3) is 0.300. The van der Waals surface area contributed by atoms with Gasteiger partial charge < -0.3 is 14.5 Å². The number of thiophene rings is 1. The first-order valence-corrected chi connectivity index (χ1v) is 10.6. The Hall–Kier alpha value is -3.67. The van der Waals surface area contributed by atoms with Gasteiger partial charge in [-0.1, -0.05) is 0 Å². The van der Waals surface area contributed by atoms with E-state index in [1.807, 2.05) is 4.90 Å². The Balaban J connectivity index is 1.30. The maximum atomic E-state index is 14.4. The van der Waals surface area contributed by atoms with E-state index in [1.165, 1.54) is 35.3 Å². The Labute approximate surface area is 186 Å². The zero-order chi connectivity index (χ0) is 22.7. The smallest absolute Gasteiger partial charge is 0.351 e. The normalized spacial score (nSPS) is 13.8. The molecule has 1 aromatic carbocycles. The lowest BCUT2D eigenvalue weighted by atomic mass is 10.1. The first kappa shape index (κ1) is 21.6. The van der Waals surface area contributed by atoms with Gasteiger partial charge in [-0.05, 0) is 47.0 Å². The number of benzene rings is 1. The highest BCUT2D eigenvalue weighted by atomic mass is 32.1. The van der Waals surface area contributed by atoms with Crippen molar-refractivity contribution in [2.75, 3.05) is 37.7 Å². The van der Waals surface area contributed by atoms with Crippen LogP contribution in [0.25, 0.3) is 5.69 Å². The number of tetrazole rings is 1. The molecule has 0 saturated carbocycles. The van der Waals surface area contributed by atoms with Crippen LogP contribution in [0, 0.1) is 5.82 Å². The minimum absolute atomic E-state index is 0.201. The number of aromatic nitrogens is 4. The molecule has 12 heteroatoms. The Bertz CT molecular complexity index is 1140. The van der Waals surface area contributed by atoms with E-state index in [2.05, 4.69) is 15.5 Å². The van der Waals surface area contributed by atoms with E-state index in [9.17, 15) is 18.8 Å². The number of nitrogens with zero attached hydrogens (tertiary/aromatic N) is 6. The van der Waals surface area contributed by atoms with E-state index in [0.717, 1.165) is 0 Å². The van der Waals surface area contributed by atoms with Crippen LogP contribution in [-0.2, 0) is 9.53 Å². The molecule has 2 aromatic heterocycles. The topological polar surface area (TPSA) is 111 Å². The van der Waals surface area contributed by atoms with Gasteiger partial charge in [0.2, 0.25) is 0 Å². The zero-order valence-corrected chi connectivity index (χ0v) is 17.9. The summed E-state index contributed by atoms with van der Waals surface area (Å²) >= 11 is 1.17. The number of rotatable bonds is 6. The van der Waals surface area contributed by atoms with Crippen LogP contribution < -0.4 is 4.90 Å². The predicted octanol–water partition coefficient (Wildman–Crippen LogP) is 1.57. The van der Waals surface area contributed by atoms with Crippen molar-refractivity contribution in [3.05, 3.63) is 52.2 Å². The second-order valence-electron chi connectivity index (χ2n) is 7.06. The van der Waals surface area contributed by atoms with Crippen LogP contribution in [0.4, 0.5) is 10.1 Å². The molecular formula is C20H19FN6O4S. The van der Waals surface area contributed by atoms with E-state index >= 15 is 0 Å². The lowest BCUT2D eigenvalue weighted by molar-refractivity contribution is -0.134. The molecule has 166 valence electrons. The summed E-state index contributed by atoms with van der Waals surface area (Å²) in [7, 11) is 0. The molecule has 1 aliphatic rings. The maximum Gasteiger partial charge on any atom is 0.351 e. The quantitative estimate of drug-likeness (QED) is 0.404. The van der Waals surface area contributed by atoms with Crippen LogP contribution in [0.1, 0.15) is 27.0 Å². The van der Waals surface area contributed by atoms with E-state index in [4.69, 9.17) is 4.74 Å². The van der Waals surface area contributed by atoms with Crippen molar-refractivity contribution in [1.29, 1.82) is 0 Å². The minimum atomic E-state index is -0.634. The Kier molecular flexibility index (Phi) is 6.21. The van der Waals surface area contributed by atoms with Crippen LogP contribution in [0.3, 0.4) is 0 Å². The molecule has 1 aliphatic heterocycles. The number of anilines is 1. The number of amides is 1. The number of carbonyl (C=O) groups is 3. The van der Waals surface area contributed by atoms with Gasteiger partial charge in [-0.3, -0.25) is 9.59 Å². The van der Waals surface area contributed by atoms with Crippen LogP contribution in [-0.4, -0.2) is 75.6 Å². The van der Waals surface area contributed by atoms with Crippen LogP contribution >= 0.6 is 11.3 Å². The first-order valence-electron chi connectivity index (χ1n) is 9.75. The molecule has 0 N–H and O–H groups in total. The largest absolute Gasteiger partial charge is 0.451 e. The third kappa shape index (κ3) is 4.49. The van der Waals surface area contributed by atoms with Crippen molar-refractivity contribution in [3.63, 3.8) is 0 Å². The van der Waals surface area contributed by atoms with Crippen molar-refractivity contribution in [1.82, 2.24) is 25.1 Å². The number of halogens is 1. The average Bonchev–Trinajstić information content (AvgIpc) is 3.49. The van der Waals surface area contributed by atoms with E-state index in [-0.39, 0.29) is 11.7 Å². The monoisotopic (exact) mass is 458 g/mol. The van der Waals surface area contributed by atoms with Gasteiger partial charge in [-0.25, -0.2) is 9.18 Å². The summed E-state index contributed by atoms with van der Waals surface area (Å²) < 4.78 is 20.9. The van der Waals surface area contributed by atoms with Gasteiger partial charge in [0, 0.05) is 31.7 Å². The number of piperazine rings is 1. The first-order chi connectivity index (χ1) is 15.4. The highest BCUT2D eigenvalue weighted by molar-refractivity contribution is 7.12. The molecule has 0 atom stereocenters.